The third kappa shape index (κ3) is 5.21. The van der Waals surface area contributed by atoms with E-state index >= 15 is 0 Å². The monoisotopic (exact) mass is 484 g/mol. The van der Waals surface area contributed by atoms with Gasteiger partial charge in [-0.15, -0.1) is 0 Å². The molecule has 0 fully saturated rings. The number of aromatic hydroxyl groups is 1. The normalized spacial score (nSPS) is 16.6. The van der Waals surface area contributed by atoms with E-state index in [0.717, 1.165) is 5.56 Å². The van der Waals surface area contributed by atoms with Crippen LogP contribution in [0, 0.1) is 0 Å². The minimum Gasteiger partial charge on any atom is -0.508 e. The van der Waals surface area contributed by atoms with E-state index in [1.54, 1.807) is 18.2 Å². The van der Waals surface area contributed by atoms with Crippen LogP contribution in [0.4, 0.5) is 0 Å². The quantitative estimate of drug-likeness (QED) is 0.467. The molecule has 3 aromatic carbocycles. The van der Waals surface area contributed by atoms with Gasteiger partial charge in [-0.3, -0.25) is 0 Å². The van der Waals surface area contributed by atoms with Crippen molar-refractivity contribution in [3.63, 3.8) is 0 Å². The molecule has 4 rings (SSSR count). The first-order chi connectivity index (χ1) is 16.7. The third-order valence-electron chi connectivity index (χ3n) is 6.64. The van der Waals surface area contributed by atoms with E-state index in [1.807, 2.05) is 24.3 Å². The Balaban J connectivity index is 1.60. The van der Waals surface area contributed by atoms with Crippen molar-refractivity contribution in [3.05, 3.63) is 114 Å². The smallest absolute Gasteiger partial charge is 0.491 e. The van der Waals surface area contributed by atoms with Crippen molar-refractivity contribution in [2.75, 3.05) is 6.61 Å². The van der Waals surface area contributed by atoms with Gasteiger partial charge in [0, 0.05) is 0 Å². The van der Waals surface area contributed by atoms with Gasteiger partial charge in [0.1, 0.15) is 5.75 Å². The van der Waals surface area contributed by atoms with Crippen molar-refractivity contribution >= 4 is 25.8 Å². The van der Waals surface area contributed by atoms with Gasteiger partial charge in [-0.1, -0.05) is 106 Å². The first kappa shape index (κ1) is 25.2. The molecule has 0 spiro atoms. The van der Waals surface area contributed by atoms with Gasteiger partial charge in [-0.25, -0.2) is 0 Å². The van der Waals surface area contributed by atoms with Crippen LogP contribution in [0.1, 0.15) is 38.9 Å². The summed E-state index contributed by atoms with van der Waals surface area (Å²) < 4.78 is 12.9. The van der Waals surface area contributed by atoms with Crippen LogP contribution in [0.2, 0.25) is 5.04 Å². The van der Waals surface area contributed by atoms with Crippen molar-refractivity contribution in [2.45, 2.75) is 38.3 Å². The molecule has 1 atom stereocenters. The fourth-order valence-corrected chi connectivity index (χ4v) is 9.46. The fourth-order valence-electron chi connectivity index (χ4n) is 4.92. The number of hydrogen-bond acceptors (Lipinski definition) is 4. The van der Waals surface area contributed by atoms with Crippen LogP contribution < -0.4 is 10.4 Å². The van der Waals surface area contributed by atoms with E-state index in [1.165, 1.54) is 10.4 Å². The van der Waals surface area contributed by atoms with Gasteiger partial charge >= 0.3 is 7.12 Å². The molecule has 0 aliphatic carbocycles. The topological polar surface area (TPSA) is 58.9 Å². The molecule has 35 heavy (non-hydrogen) atoms. The fraction of sp³-hybridized carbons (Fsp3) is 0.241. The molecule has 180 valence electrons. The number of hydrogen-bond donors (Lipinski definition) is 2. The first-order valence-electron chi connectivity index (χ1n) is 12.0. The highest BCUT2D eigenvalue weighted by Crippen LogP contribution is 2.38. The maximum atomic E-state index is 10.8. The zero-order valence-electron chi connectivity index (χ0n) is 20.6. The van der Waals surface area contributed by atoms with Crippen molar-refractivity contribution in [1.29, 1.82) is 0 Å². The molecule has 1 aliphatic heterocycles. The highest BCUT2D eigenvalue weighted by Gasteiger charge is 2.50. The second-order valence-electron chi connectivity index (χ2n) is 10.0. The number of phenols is 1. The lowest BCUT2D eigenvalue weighted by atomic mass is 9.71. The summed E-state index contributed by atoms with van der Waals surface area (Å²) in [6.07, 6.45) is 2.22. The molecule has 3 aromatic rings. The third-order valence-corrected chi connectivity index (χ3v) is 11.6. The molecule has 1 unspecified atom stereocenters. The van der Waals surface area contributed by atoms with Gasteiger partial charge in [0.05, 0.1) is 12.7 Å². The standard InChI is InChI=1S/C29H33BO4Si/c1-22(27-18-19-28(34-30(27)32)23-12-11-13-24(31)20-23)21-33-35(29(2,3)4,25-14-7-5-8-15-25)26-16-9-6-10-17-26/h5-18,20,28,31-32H,1,19,21H2,2-4H3. The summed E-state index contributed by atoms with van der Waals surface area (Å²) in [5.41, 5.74) is 2.19. The Bertz CT molecular complexity index is 1150. The number of benzene rings is 3. The average molecular weight is 484 g/mol. The average Bonchev–Trinajstić information content (AvgIpc) is 2.85. The van der Waals surface area contributed by atoms with Crippen molar-refractivity contribution in [3.8, 4) is 5.75 Å². The Morgan fingerprint density at radius 3 is 2.11 bits per heavy atom. The first-order valence-corrected chi connectivity index (χ1v) is 13.9. The molecule has 0 radical (unpaired) electrons. The minimum absolute atomic E-state index is 0.146. The van der Waals surface area contributed by atoms with Crippen LogP contribution in [-0.4, -0.2) is 32.2 Å². The minimum atomic E-state index is -2.71. The van der Waals surface area contributed by atoms with E-state index in [9.17, 15) is 10.1 Å². The maximum Gasteiger partial charge on any atom is 0.491 e. The Hall–Kier alpha value is -2.90. The second kappa shape index (κ2) is 10.4. The lowest BCUT2D eigenvalue weighted by molar-refractivity contribution is 0.167. The van der Waals surface area contributed by atoms with E-state index in [2.05, 4.69) is 75.9 Å². The molecule has 0 aromatic heterocycles. The molecule has 1 heterocycles. The van der Waals surface area contributed by atoms with Gasteiger partial charge in [-0.2, -0.15) is 0 Å². The van der Waals surface area contributed by atoms with Crippen molar-refractivity contribution < 1.29 is 19.2 Å². The summed E-state index contributed by atoms with van der Waals surface area (Å²) in [5, 5.41) is 22.8. The molecular weight excluding hydrogens is 451 g/mol. The van der Waals surface area contributed by atoms with Crippen molar-refractivity contribution in [1.82, 2.24) is 0 Å². The Morgan fingerprint density at radius 2 is 1.60 bits per heavy atom. The summed E-state index contributed by atoms with van der Waals surface area (Å²) >= 11 is 0. The zero-order valence-corrected chi connectivity index (χ0v) is 21.6. The van der Waals surface area contributed by atoms with Gasteiger partial charge < -0.3 is 19.2 Å². The van der Waals surface area contributed by atoms with Crippen LogP contribution in [0.5, 0.6) is 5.75 Å². The summed E-state index contributed by atoms with van der Waals surface area (Å²) in [5.74, 6) is 0.179. The summed E-state index contributed by atoms with van der Waals surface area (Å²) in [6.45, 7) is 11.3. The van der Waals surface area contributed by atoms with Crippen LogP contribution in [-0.2, 0) is 9.08 Å². The van der Waals surface area contributed by atoms with E-state index in [4.69, 9.17) is 9.08 Å². The molecule has 1 aliphatic rings. The molecule has 4 nitrogen and oxygen atoms in total. The molecule has 0 bridgehead atoms. The van der Waals surface area contributed by atoms with Crippen LogP contribution in [0.25, 0.3) is 0 Å². The van der Waals surface area contributed by atoms with Crippen LogP contribution >= 0.6 is 0 Å². The van der Waals surface area contributed by atoms with Crippen molar-refractivity contribution in [2.24, 2.45) is 0 Å². The Kier molecular flexibility index (Phi) is 7.48. The zero-order chi connectivity index (χ0) is 25.1. The lowest BCUT2D eigenvalue weighted by Crippen LogP contribution is -2.66. The van der Waals surface area contributed by atoms with Crippen LogP contribution in [0.15, 0.2) is 109 Å². The molecule has 6 heteroatoms. The summed E-state index contributed by atoms with van der Waals surface area (Å²) in [4.78, 5) is 0. The number of phenolic OH excluding ortho intramolecular Hbond substituents is 1. The predicted molar refractivity (Wildman–Crippen MR) is 145 cm³/mol. The second-order valence-corrected chi connectivity index (χ2v) is 14.3. The maximum absolute atomic E-state index is 10.8. The number of rotatable bonds is 7. The van der Waals surface area contributed by atoms with Gasteiger partial charge in [0.15, 0.2) is 0 Å². The Labute approximate surface area is 209 Å². The molecule has 0 saturated heterocycles. The Morgan fingerprint density at radius 1 is 1.00 bits per heavy atom. The molecule has 0 saturated carbocycles. The SMILES string of the molecule is C=C(CO[Si](c1ccccc1)(c1ccccc1)C(C)(C)C)C1=CCC(c2cccc(O)c2)OB1O. The molecular formula is C29H33BO4Si. The largest absolute Gasteiger partial charge is 0.508 e. The highest BCUT2D eigenvalue weighted by molar-refractivity contribution is 6.99. The lowest BCUT2D eigenvalue weighted by Gasteiger charge is -2.43. The summed E-state index contributed by atoms with van der Waals surface area (Å²) in [7, 11) is -3.81. The van der Waals surface area contributed by atoms with E-state index in [-0.39, 0.29) is 23.5 Å². The highest BCUT2D eigenvalue weighted by atomic mass is 28.4. The predicted octanol–water partition coefficient (Wildman–Crippen LogP) is 4.93. The van der Waals surface area contributed by atoms with Gasteiger partial charge in [-0.05, 0) is 50.6 Å². The van der Waals surface area contributed by atoms with E-state index < -0.39 is 15.4 Å². The van der Waals surface area contributed by atoms with E-state index in [0.29, 0.717) is 17.5 Å². The summed E-state index contributed by atoms with van der Waals surface area (Å²) in [6, 6.07) is 27.9. The molecule has 0 amide bonds. The molecule has 2 N–H and O–H groups in total. The van der Waals surface area contributed by atoms with Gasteiger partial charge in [0.2, 0.25) is 0 Å². The van der Waals surface area contributed by atoms with Gasteiger partial charge in [0.25, 0.3) is 8.32 Å². The van der Waals surface area contributed by atoms with Crippen LogP contribution in [0.3, 0.4) is 0 Å².